The molecule has 1 aliphatic rings. The molecule has 202 valence electrons. The zero-order chi connectivity index (χ0) is 27.7. The summed E-state index contributed by atoms with van der Waals surface area (Å²) in [5.74, 6) is 0.0346. The Kier molecular flexibility index (Phi) is 7.54. The number of sulfonamides is 1. The second-order valence-electron chi connectivity index (χ2n) is 10.6. The van der Waals surface area contributed by atoms with E-state index >= 15 is 0 Å². The van der Waals surface area contributed by atoms with Crippen LogP contribution < -0.4 is 0 Å². The second-order valence-corrected chi connectivity index (χ2v) is 12.6. The number of aryl methyl sites for hydroxylation is 1. The Morgan fingerprint density at radius 2 is 1.79 bits per heavy atom. The van der Waals surface area contributed by atoms with E-state index in [4.69, 9.17) is 5.26 Å². The van der Waals surface area contributed by atoms with Crippen LogP contribution in [-0.2, 0) is 15.8 Å². The molecule has 0 unspecified atom stereocenters. The minimum Gasteiger partial charge on any atom is -0.293 e. The number of nitriles is 1. The average molecular weight is 546 g/mol. The normalized spacial score (nSPS) is 17.1. The topological polar surface area (TPSA) is 82.2 Å². The maximum absolute atomic E-state index is 13.5. The van der Waals surface area contributed by atoms with Crippen molar-refractivity contribution in [2.75, 3.05) is 26.2 Å². The molecule has 0 N–H and O–H groups in total. The van der Waals surface area contributed by atoms with Crippen molar-refractivity contribution in [3.05, 3.63) is 94.9 Å². The lowest BCUT2D eigenvalue weighted by Gasteiger charge is -2.42. The van der Waals surface area contributed by atoms with Crippen LogP contribution in [0.25, 0.3) is 16.6 Å². The Labute approximate surface area is 229 Å². The Morgan fingerprint density at radius 1 is 1.08 bits per heavy atom. The van der Waals surface area contributed by atoms with E-state index in [9.17, 15) is 12.8 Å². The first-order valence-electron chi connectivity index (χ1n) is 13.1. The van der Waals surface area contributed by atoms with E-state index in [0.29, 0.717) is 36.7 Å². The number of fused-ring (bicyclic) bond motifs is 1. The highest BCUT2D eigenvalue weighted by atomic mass is 32.2. The lowest BCUT2D eigenvalue weighted by molar-refractivity contribution is 0.105. The fourth-order valence-corrected chi connectivity index (χ4v) is 6.88. The predicted octanol–water partition coefficient (Wildman–Crippen LogP) is 5.19. The molecule has 39 heavy (non-hydrogen) atoms. The first-order valence-corrected chi connectivity index (χ1v) is 14.7. The molecule has 0 amide bonds. The minimum atomic E-state index is -3.56. The monoisotopic (exact) mass is 545 g/mol. The van der Waals surface area contributed by atoms with Gasteiger partial charge in [0.15, 0.2) is 0 Å². The minimum absolute atomic E-state index is 0.0991. The molecule has 1 saturated heterocycles. The van der Waals surface area contributed by atoms with Crippen molar-refractivity contribution in [1.29, 1.82) is 5.26 Å². The van der Waals surface area contributed by atoms with Crippen LogP contribution in [0, 0.1) is 30.0 Å². The van der Waals surface area contributed by atoms with Gasteiger partial charge >= 0.3 is 0 Å². The van der Waals surface area contributed by atoms with Gasteiger partial charge in [0.05, 0.1) is 34.8 Å². The van der Waals surface area contributed by atoms with Crippen molar-refractivity contribution in [2.24, 2.45) is 5.92 Å². The summed E-state index contributed by atoms with van der Waals surface area (Å²) in [7, 11) is -3.56. The fourth-order valence-electron chi connectivity index (χ4n) is 5.35. The highest BCUT2D eigenvalue weighted by Gasteiger charge is 2.35. The average Bonchev–Trinajstić information content (AvgIpc) is 3.31. The van der Waals surface area contributed by atoms with Crippen LogP contribution in [0.5, 0.6) is 0 Å². The third kappa shape index (κ3) is 5.74. The van der Waals surface area contributed by atoms with Crippen molar-refractivity contribution in [3.8, 4) is 11.8 Å². The number of piperazine rings is 1. The van der Waals surface area contributed by atoms with Gasteiger partial charge in [-0.1, -0.05) is 26.0 Å². The van der Waals surface area contributed by atoms with Crippen molar-refractivity contribution >= 4 is 20.9 Å². The number of hydrogen-bond acceptors (Lipinski definition) is 5. The van der Waals surface area contributed by atoms with Crippen LogP contribution in [0.15, 0.2) is 66.9 Å². The molecule has 1 atom stereocenters. The molecule has 1 aromatic heterocycles. The van der Waals surface area contributed by atoms with Crippen LogP contribution >= 0.6 is 0 Å². The maximum Gasteiger partial charge on any atom is 0.218 e. The van der Waals surface area contributed by atoms with Gasteiger partial charge < -0.3 is 0 Å². The number of hydrogen-bond donors (Lipinski definition) is 0. The standard InChI is InChI=1S/C30H32FN5O2S/c1-21(2)18-34-12-13-35(39(37,38)20-24-6-4-23(16-32)5-7-24)19-30(34)28-15-25-17-33-36(29(25)14-22(28)3)27-10-8-26(31)9-11-27/h4-11,14-15,17,21,30H,12-13,18-20H2,1-3H3/t30-/m1/s1. The van der Waals surface area contributed by atoms with Crippen molar-refractivity contribution < 1.29 is 12.8 Å². The van der Waals surface area contributed by atoms with Crippen LogP contribution in [0.2, 0.25) is 0 Å². The van der Waals surface area contributed by atoms with E-state index in [1.165, 1.54) is 12.1 Å². The summed E-state index contributed by atoms with van der Waals surface area (Å²) in [4.78, 5) is 2.39. The highest BCUT2D eigenvalue weighted by molar-refractivity contribution is 7.88. The van der Waals surface area contributed by atoms with Crippen molar-refractivity contribution in [1.82, 2.24) is 19.0 Å². The summed E-state index contributed by atoms with van der Waals surface area (Å²) >= 11 is 0. The molecular weight excluding hydrogens is 513 g/mol. The lowest BCUT2D eigenvalue weighted by Crippen LogP contribution is -2.51. The summed E-state index contributed by atoms with van der Waals surface area (Å²) in [6.45, 7) is 8.70. The third-order valence-corrected chi connectivity index (χ3v) is 9.08. The molecule has 0 radical (unpaired) electrons. The Hall–Kier alpha value is -3.58. The van der Waals surface area contributed by atoms with E-state index < -0.39 is 10.0 Å². The molecule has 0 saturated carbocycles. The second kappa shape index (κ2) is 10.9. The molecule has 2 heterocycles. The van der Waals surface area contributed by atoms with E-state index in [2.05, 4.69) is 49.0 Å². The summed E-state index contributed by atoms with van der Waals surface area (Å²) in [6, 6.07) is 19.1. The lowest BCUT2D eigenvalue weighted by atomic mass is 9.96. The Balaban J connectivity index is 1.46. The van der Waals surface area contributed by atoms with E-state index in [1.54, 1.807) is 51.6 Å². The molecule has 7 nitrogen and oxygen atoms in total. The SMILES string of the molecule is Cc1cc2c(cnn2-c2ccc(F)cc2)cc1[C@H]1CN(S(=O)(=O)Cc2ccc(C#N)cc2)CCN1CC(C)C. The third-order valence-electron chi connectivity index (χ3n) is 7.27. The Morgan fingerprint density at radius 3 is 2.46 bits per heavy atom. The number of halogens is 1. The summed E-state index contributed by atoms with van der Waals surface area (Å²) in [5, 5.41) is 14.6. The molecule has 5 rings (SSSR count). The van der Waals surface area contributed by atoms with Gasteiger partial charge in [-0.05, 0) is 78.1 Å². The largest absolute Gasteiger partial charge is 0.293 e. The molecule has 0 bridgehead atoms. The first kappa shape index (κ1) is 27.0. The van der Waals surface area contributed by atoms with Gasteiger partial charge in [0.1, 0.15) is 5.82 Å². The molecule has 3 aromatic carbocycles. The molecule has 4 aromatic rings. The zero-order valence-electron chi connectivity index (χ0n) is 22.4. The number of aromatic nitrogens is 2. The quantitative estimate of drug-likeness (QED) is 0.319. The summed E-state index contributed by atoms with van der Waals surface area (Å²) < 4.78 is 43.9. The molecule has 1 aliphatic heterocycles. The predicted molar refractivity (Wildman–Crippen MR) is 150 cm³/mol. The van der Waals surface area contributed by atoms with Crippen molar-refractivity contribution in [2.45, 2.75) is 32.6 Å². The van der Waals surface area contributed by atoms with Crippen molar-refractivity contribution in [3.63, 3.8) is 0 Å². The smallest absolute Gasteiger partial charge is 0.218 e. The maximum atomic E-state index is 13.5. The summed E-state index contributed by atoms with van der Waals surface area (Å²) in [6.07, 6.45) is 1.80. The van der Waals surface area contributed by atoms with Gasteiger partial charge in [-0.15, -0.1) is 0 Å². The molecule has 9 heteroatoms. The van der Waals surface area contributed by atoms with Gasteiger partial charge in [-0.2, -0.15) is 14.7 Å². The number of rotatable bonds is 7. The zero-order valence-corrected chi connectivity index (χ0v) is 23.2. The van der Waals surface area contributed by atoms with Crippen LogP contribution in [0.1, 0.15) is 42.1 Å². The van der Waals surface area contributed by atoms with Gasteiger partial charge in [-0.3, -0.25) is 4.90 Å². The van der Waals surface area contributed by atoms with Crippen LogP contribution in [0.4, 0.5) is 4.39 Å². The van der Waals surface area contributed by atoms with Gasteiger partial charge in [0.25, 0.3) is 0 Å². The summed E-state index contributed by atoms with van der Waals surface area (Å²) in [5.41, 5.74) is 5.00. The van der Waals surface area contributed by atoms with Gasteiger partial charge in [-0.25, -0.2) is 17.5 Å². The number of nitrogens with zero attached hydrogens (tertiary/aromatic N) is 5. The van der Waals surface area contributed by atoms with E-state index in [-0.39, 0.29) is 17.6 Å². The molecule has 0 spiro atoms. The Bertz CT molecular complexity index is 1620. The van der Waals surface area contributed by atoms with E-state index in [1.807, 2.05) is 0 Å². The first-order chi connectivity index (χ1) is 18.6. The molecular formula is C30H32FN5O2S. The van der Waals surface area contributed by atoms with E-state index in [0.717, 1.165) is 34.3 Å². The van der Waals surface area contributed by atoms with Gasteiger partial charge in [0, 0.05) is 37.6 Å². The molecule has 1 fully saturated rings. The highest BCUT2D eigenvalue weighted by Crippen LogP contribution is 2.33. The fraction of sp³-hybridized carbons (Fsp3) is 0.333. The number of benzene rings is 3. The van der Waals surface area contributed by atoms with Crippen LogP contribution in [-0.4, -0.2) is 53.6 Å². The molecule has 0 aliphatic carbocycles. The van der Waals surface area contributed by atoms with Crippen LogP contribution in [0.3, 0.4) is 0 Å². The van der Waals surface area contributed by atoms with Gasteiger partial charge in [0.2, 0.25) is 10.0 Å².